The number of nitrogens with one attached hydrogen (secondary N) is 1. The van der Waals surface area contributed by atoms with E-state index in [2.05, 4.69) is 22.1 Å². The van der Waals surface area contributed by atoms with E-state index in [1.807, 2.05) is 24.3 Å². The number of halogens is 1. The lowest BCUT2D eigenvalue weighted by Crippen LogP contribution is -2.60. The number of piperidine rings is 1. The standard InChI is InChI=1S/C27H40N8O4.ClH/c1-19(28)21-7-10-32(11-8-21)17-20-3-5-22(6-4-20)35-12-9-23(31-26(35)39)30-25(38)34-15-13-33(14-16-34)24(37)27(2,29)18-36;/h3-6,9,12,19,21,36H,7-8,10-11,13-18,28-29H2,1-2H3,(H,30,31,38,39);1H. The van der Waals surface area contributed by atoms with Gasteiger partial charge in [-0.3, -0.25) is 19.6 Å². The van der Waals surface area contributed by atoms with Crippen molar-refractivity contribution < 1.29 is 14.7 Å². The van der Waals surface area contributed by atoms with Gasteiger partial charge in [0.15, 0.2) is 0 Å². The average molecular weight is 577 g/mol. The Morgan fingerprint density at radius 1 is 1.07 bits per heavy atom. The van der Waals surface area contributed by atoms with E-state index in [1.165, 1.54) is 22.0 Å². The molecule has 0 bridgehead atoms. The lowest BCUT2D eigenvalue weighted by Gasteiger charge is -2.37. The van der Waals surface area contributed by atoms with Crippen molar-refractivity contribution in [1.29, 1.82) is 0 Å². The summed E-state index contributed by atoms with van der Waals surface area (Å²) in [6.07, 6.45) is 3.83. The summed E-state index contributed by atoms with van der Waals surface area (Å²) in [4.78, 5) is 47.4. The zero-order valence-electron chi connectivity index (χ0n) is 23.2. The van der Waals surface area contributed by atoms with Gasteiger partial charge < -0.3 is 26.4 Å². The van der Waals surface area contributed by atoms with Crippen molar-refractivity contribution in [3.8, 4) is 5.69 Å². The van der Waals surface area contributed by atoms with Gasteiger partial charge in [0.2, 0.25) is 5.91 Å². The molecule has 2 saturated heterocycles. The van der Waals surface area contributed by atoms with Crippen LogP contribution in [0, 0.1) is 5.92 Å². The molecule has 6 N–H and O–H groups in total. The Morgan fingerprint density at radius 3 is 2.23 bits per heavy atom. The molecule has 13 heteroatoms. The largest absolute Gasteiger partial charge is 0.394 e. The second-order valence-corrected chi connectivity index (χ2v) is 10.9. The zero-order chi connectivity index (χ0) is 28.2. The number of anilines is 1. The number of benzene rings is 1. The SMILES string of the molecule is CC(N)C1CCN(Cc2ccc(-n3ccc(NC(=O)N4CCN(C(=O)C(C)(N)CO)CC4)nc3=O)cc2)CC1.Cl. The summed E-state index contributed by atoms with van der Waals surface area (Å²) in [7, 11) is 0. The first-order valence-corrected chi connectivity index (χ1v) is 13.5. The highest BCUT2D eigenvalue weighted by Gasteiger charge is 2.34. The van der Waals surface area contributed by atoms with Gasteiger partial charge in [0.05, 0.1) is 12.3 Å². The van der Waals surface area contributed by atoms with Gasteiger partial charge in [0.1, 0.15) is 11.4 Å². The van der Waals surface area contributed by atoms with Gasteiger partial charge in [-0.25, -0.2) is 9.59 Å². The van der Waals surface area contributed by atoms with E-state index in [4.69, 9.17) is 11.5 Å². The lowest BCUT2D eigenvalue weighted by atomic mass is 9.91. The van der Waals surface area contributed by atoms with Gasteiger partial charge in [-0.05, 0) is 69.5 Å². The highest BCUT2D eigenvalue weighted by Crippen LogP contribution is 2.21. The van der Waals surface area contributed by atoms with Crippen molar-refractivity contribution in [2.75, 3.05) is 51.2 Å². The van der Waals surface area contributed by atoms with E-state index in [-0.39, 0.29) is 30.2 Å². The number of urea groups is 1. The first-order valence-electron chi connectivity index (χ1n) is 13.5. The monoisotopic (exact) mass is 576 g/mol. The molecule has 1 aromatic carbocycles. The molecular formula is C27H41ClN8O4. The molecule has 2 aliphatic heterocycles. The molecule has 0 aliphatic carbocycles. The number of piperazine rings is 1. The van der Waals surface area contributed by atoms with E-state index >= 15 is 0 Å². The van der Waals surface area contributed by atoms with Gasteiger partial charge in [-0.1, -0.05) is 12.1 Å². The lowest BCUT2D eigenvalue weighted by molar-refractivity contribution is -0.139. The number of carbonyl (C=O) groups excluding carboxylic acids is 2. The van der Waals surface area contributed by atoms with E-state index in [0.29, 0.717) is 37.8 Å². The van der Waals surface area contributed by atoms with Crippen LogP contribution in [0.4, 0.5) is 10.6 Å². The Morgan fingerprint density at radius 2 is 1.68 bits per heavy atom. The molecular weight excluding hydrogens is 536 g/mol. The molecule has 2 aliphatic rings. The third-order valence-electron chi connectivity index (χ3n) is 7.71. The summed E-state index contributed by atoms with van der Waals surface area (Å²) in [5, 5.41) is 12.0. The van der Waals surface area contributed by atoms with Crippen LogP contribution in [0.25, 0.3) is 5.69 Å². The van der Waals surface area contributed by atoms with Gasteiger partial charge >= 0.3 is 11.7 Å². The van der Waals surface area contributed by atoms with Crippen molar-refractivity contribution in [2.24, 2.45) is 17.4 Å². The van der Waals surface area contributed by atoms with Crippen molar-refractivity contribution in [1.82, 2.24) is 24.3 Å². The Balaban J connectivity index is 0.00000441. The van der Waals surface area contributed by atoms with Crippen molar-refractivity contribution >= 4 is 30.2 Å². The topological polar surface area (TPSA) is 163 Å². The van der Waals surface area contributed by atoms with E-state index < -0.39 is 23.9 Å². The van der Waals surface area contributed by atoms with E-state index in [9.17, 15) is 19.5 Å². The third kappa shape index (κ3) is 7.58. The maximum atomic E-state index is 12.7. The van der Waals surface area contributed by atoms with Gasteiger partial charge in [0, 0.05) is 45.0 Å². The summed E-state index contributed by atoms with van der Waals surface area (Å²) in [6.45, 7) is 7.24. The maximum absolute atomic E-state index is 12.7. The van der Waals surface area contributed by atoms with Crippen molar-refractivity contribution in [3.63, 3.8) is 0 Å². The minimum atomic E-state index is -1.35. The normalized spacial score (nSPS) is 18.9. The van der Waals surface area contributed by atoms with E-state index in [0.717, 1.165) is 32.5 Å². The first-order chi connectivity index (χ1) is 18.6. The summed E-state index contributed by atoms with van der Waals surface area (Å²) in [6, 6.07) is 9.26. The Hall–Kier alpha value is -3.03. The molecule has 12 nitrogen and oxygen atoms in total. The number of aliphatic hydroxyl groups excluding tert-OH is 1. The van der Waals surface area contributed by atoms with Gasteiger partial charge in [-0.2, -0.15) is 4.98 Å². The molecule has 1 aromatic heterocycles. The van der Waals surface area contributed by atoms with Crippen LogP contribution < -0.4 is 22.5 Å². The smallest absolute Gasteiger partial charge is 0.354 e. The highest BCUT2D eigenvalue weighted by molar-refractivity contribution is 5.89. The van der Waals surface area contributed by atoms with Crippen LogP contribution >= 0.6 is 12.4 Å². The molecule has 3 amide bonds. The molecule has 2 fully saturated rings. The fourth-order valence-electron chi connectivity index (χ4n) is 5.06. The summed E-state index contributed by atoms with van der Waals surface area (Å²) >= 11 is 0. The fourth-order valence-corrected chi connectivity index (χ4v) is 5.06. The molecule has 40 heavy (non-hydrogen) atoms. The van der Waals surface area contributed by atoms with Crippen LogP contribution in [0.5, 0.6) is 0 Å². The molecule has 0 radical (unpaired) electrons. The number of aliphatic hydroxyl groups is 1. The Kier molecular flexibility index (Phi) is 10.7. The number of nitrogens with two attached hydrogens (primary N) is 2. The molecule has 0 saturated carbocycles. The van der Waals surface area contributed by atoms with Crippen LogP contribution in [-0.4, -0.2) is 98.8 Å². The van der Waals surface area contributed by atoms with Crippen LogP contribution in [0.2, 0.25) is 0 Å². The summed E-state index contributed by atoms with van der Waals surface area (Å²) in [5.74, 6) is 0.392. The second-order valence-electron chi connectivity index (χ2n) is 10.9. The van der Waals surface area contributed by atoms with Crippen LogP contribution in [0.15, 0.2) is 41.3 Å². The van der Waals surface area contributed by atoms with Crippen LogP contribution in [-0.2, 0) is 11.3 Å². The Labute approximate surface area is 240 Å². The first kappa shape index (κ1) is 31.5. The zero-order valence-corrected chi connectivity index (χ0v) is 24.0. The number of nitrogens with zero attached hydrogens (tertiary/aromatic N) is 5. The average Bonchev–Trinajstić information content (AvgIpc) is 2.93. The quantitative estimate of drug-likeness (QED) is 0.372. The van der Waals surface area contributed by atoms with Crippen LogP contribution in [0.1, 0.15) is 32.3 Å². The Bertz CT molecular complexity index is 1200. The molecule has 220 valence electrons. The maximum Gasteiger partial charge on any atom is 0.354 e. The van der Waals surface area contributed by atoms with Crippen molar-refractivity contribution in [3.05, 3.63) is 52.6 Å². The minimum Gasteiger partial charge on any atom is -0.394 e. The summed E-state index contributed by atoms with van der Waals surface area (Å²) in [5.41, 5.74) is 11.9. The fraction of sp³-hybridized carbons (Fsp3) is 0.556. The highest BCUT2D eigenvalue weighted by atomic mass is 35.5. The van der Waals surface area contributed by atoms with E-state index in [1.54, 1.807) is 17.2 Å². The predicted octanol–water partition coefficient (Wildman–Crippen LogP) is 0.599. The molecule has 3 heterocycles. The number of amides is 3. The number of hydrogen-bond acceptors (Lipinski definition) is 8. The molecule has 2 unspecified atom stereocenters. The number of hydrogen-bond donors (Lipinski definition) is 4. The van der Waals surface area contributed by atoms with Crippen LogP contribution in [0.3, 0.4) is 0 Å². The number of rotatable bonds is 7. The summed E-state index contributed by atoms with van der Waals surface area (Å²) < 4.78 is 1.43. The predicted molar refractivity (Wildman–Crippen MR) is 156 cm³/mol. The van der Waals surface area contributed by atoms with Crippen molar-refractivity contribution in [2.45, 2.75) is 44.8 Å². The second kappa shape index (κ2) is 13.6. The van der Waals surface area contributed by atoms with Gasteiger partial charge in [0.25, 0.3) is 0 Å². The van der Waals surface area contributed by atoms with Gasteiger partial charge in [-0.15, -0.1) is 12.4 Å². The third-order valence-corrected chi connectivity index (χ3v) is 7.71. The number of aromatic nitrogens is 2. The molecule has 4 rings (SSSR count). The molecule has 2 atom stereocenters. The number of carbonyl (C=O) groups is 2. The molecule has 2 aromatic rings. The molecule has 0 spiro atoms. The number of likely N-dealkylation sites (tertiary alicyclic amines) is 1. The minimum absolute atomic E-state index is 0.